The van der Waals surface area contributed by atoms with Crippen LogP contribution < -0.4 is 9.47 Å². The molecule has 0 aliphatic heterocycles. The van der Waals surface area contributed by atoms with Crippen LogP contribution >= 0.6 is 0 Å². The number of ketones is 1. The summed E-state index contributed by atoms with van der Waals surface area (Å²) in [5, 5.41) is 0. The van der Waals surface area contributed by atoms with Crippen LogP contribution in [0.5, 0.6) is 11.5 Å². The van der Waals surface area contributed by atoms with Crippen molar-refractivity contribution in [1.29, 1.82) is 0 Å². The zero-order valence-corrected chi connectivity index (χ0v) is 24.2. The quantitative estimate of drug-likeness (QED) is 0.154. The molecule has 4 nitrogen and oxygen atoms in total. The standard InChI is InChI=1S/C34H42O4/c1-9-22-33(6,7)30(35)24-12-11-13-25(23-24)31(36)37-28-18-14-26(15-19-28)34(8,10-2)27-16-20-29(21-17-27)38-32(3,4)5/h11-21,23H,9-10,22H2,1-8H3. The van der Waals surface area contributed by atoms with Gasteiger partial charge in [-0.25, -0.2) is 4.79 Å². The van der Waals surface area contributed by atoms with Gasteiger partial charge in [-0.2, -0.15) is 0 Å². The van der Waals surface area contributed by atoms with E-state index in [0.29, 0.717) is 16.9 Å². The molecule has 0 bridgehead atoms. The van der Waals surface area contributed by atoms with Crippen LogP contribution in [0.3, 0.4) is 0 Å². The molecule has 0 aliphatic carbocycles. The molecule has 0 amide bonds. The number of hydrogen-bond donors (Lipinski definition) is 0. The molecule has 202 valence electrons. The first-order valence-corrected chi connectivity index (χ1v) is 13.6. The van der Waals surface area contributed by atoms with E-state index in [1.165, 1.54) is 5.56 Å². The molecule has 1 atom stereocenters. The van der Waals surface area contributed by atoms with E-state index in [2.05, 4.69) is 32.9 Å². The molecule has 0 aliphatic rings. The Bertz CT molecular complexity index is 1250. The third-order valence-corrected chi connectivity index (χ3v) is 7.17. The molecule has 0 saturated carbocycles. The molecule has 3 aromatic carbocycles. The highest BCUT2D eigenvalue weighted by molar-refractivity contribution is 6.02. The molecule has 3 rings (SSSR count). The number of benzene rings is 3. The predicted octanol–water partition coefficient (Wildman–Crippen LogP) is 8.81. The molecule has 0 saturated heterocycles. The number of esters is 1. The van der Waals surface area contributed by atoms with E-state index in [1.54, 1.807) is 24.3 Å². The number of ether oxygens (including phenoxy) is 2. The Morgan fingerprint density at radius 3 is 1.74 bits per heavy atom. The second-order valence-electron chi connectivity index (χ2n) is 11.9. The highest BCUT2D eigenvalue weighted by Gasteiger charge is 2.29. The Labute approximate surface area is 228 Å². The minimum atomic E-state index is -0.478. The van der Waals surface area contributed by atoms with E-state index in [4.69, 9.17) is 9.47 Å². The third kappa shape index (κ3) is 6.92. The highest BCUT2D eigenvalue weighted by atomic mass is 16.5. The number of rotatable bonds is 10. The van der Waals surface area contributed by atoms with Crippen LogP contribution in [0.25, 0.3) is 0 Å². The largest absolute Gasteiger partial charge is 0.488 e. The van der Waals surface area contributed by atoms with E-state index in [9.17, 15) is 9.59 Å². The molecular weight excluding hydrogens is 472 g/mol. The molecule has 4 heteroatoms. The maximum atomic E-state index is 13.0. The van der Waals surface area contributed by atoms with Gasteiger partial charge in [-0.15, -0.1) is 0 Å². The van der Waals surface area contributed by atoms with E-state index in [1.807, 2.05) is 71.0 Å². The number of carbonyl (C=O) groups excluding carboxylic acids is 2. The second kappa shape index (κ2) is 11.6. The SMILES string of the molecule is CCCC(C)(C)C(=O)c1cccc(C(=O)Oc2ccc(C(C)(CC)c3ccc(OC(C)(C)C)cc3)cc2)c1. The smallest absolute Gasteiger partial charge is 0.343 e. The lowest BCUT2D eigenvalue weighted by atomic mass is 9.74. The summed E-state index contributed by atoms with van der Waals surface area (Å²) in [5.74, 6) is 0.874. The molecule has 1 unspecified atom stereocenters. The fraction of sp³-hybridized carbons (Fsp3) is 0.412. The maximum absolute atomic E-state index is 13.0. The van der Waals surface area contributed by atoms with Gasteiger partial charge in [-0.3, -0.25) is 4.79 Å². The summed E-state index contributed by atoms with van der Waals surface area (Å²) < 4.78 is 11.6. The van der Waals surface area contributed by atoms with Crippen molar-refractivity contribution in [2.45, 2.75) is 85.7 Å². The van der Waals surface area contributed by atoms with Gasteiger partial charge in [-0.05, 0) is 81.1 Å². The fourth-order valence-corrected chi connectivity index (χ4v) is 4.79. The van der Waals surface area contributed by atoms with Gasteiger partial charge in [0.05, 0.1) is 5.56 Å². The van der Waals surface area contributed by atoms with Gasteiger partial charge >= 0.3 is 5.97 Å². The van der Waals surface area contributed by atoms with Crippen LogP contribution in [-0.4, -0.2) is 17.4 Å². The zero-order chi connectivity index (χ0) is 28.1. The topological polar surface area (TPSA) is 52.6 Å². The summed E-state index contributed by atoms with van der Waals surface area (Å²) in [4.78, 5) is 25.9. The highest BCUT2D eigenvalue weighted by Crippen LogP contribution is 2.37. The van der Waals surface area contributed by atoms with Crippen LogP contribution in [0, 0.1) is 5.41 Å². The summed E-state index contributed by atoms with van der Waals surface area (Å²) in [6.07, 6.45) is 2.61. The lowest BCUT2D eigenvalue weighted by molar-refractivity contribution is 0.0734. The minimum absolute atomic E-state index is 0.0372. The van der Waals surface area contributed by atoms with Gasteiger partial charge in [0.15, 0.2) is 5.78 Å². The maximum Gasteiger partial charge on any atom is 0.343 e. The Kier molecular flexibility index (Phi) is 8.86. The Balaban J connectivity index is 1.76. The molecule has 3 aromatic rings. The van der Waals surface area contributed by atoms with Gasteiger partial charge in [0.25, 0.3) is 0 Å². The number of carbonyl (C=O) groups is 2. The van der Waals surface area contributed by atoms with Crippen molar-refractivity contribution in [3.63, 3.8) is 0 Å². The number of Topliss-reactive ketones (excluding diaryl/α,β-unsaturated/α-hetero) is 1. The van der Waals surface area contributed by atoms with E-state index < -0.39 is 11.4 Å². The Hall–Kier alpha value is -3.40. The average Bonchev–Trinajstić information content (AvgIpc) is 2.87. The normalized spacial score (nSPS) is 13.5. The average molecular weight is 515 g/mol. The summed E-state index contributed by atoms with van der Waals surface area (Å²) in [6, 6.07) is 22.8. The van der Waals surface area contributed by atoms with Crippen molar-refractivity contribution in [1.82, 2.24) is 0 Å². The monoisotopic (exact) mass is 514 g/mol. The van der Waals surface area contributed by atoms with Crippen molar-refractivity contribution in [3.05, 3.63) is 95.1 Å². The fourth-order valence-electron chi connectivity index (χ4n) is 4.79. The van der Waals surface area contributed by atoms with Crippen molar-refractivity contribution in [3.8, 4) is 11.5 Å². The Morgan fingerprint density at radius 1 is 0.711 bits per heavy atom. The summed E-state index contributed by atoms with van der Waals surface area (Å²) in [5.41, 5.74) is 2.30. The first-order valence-electron chi connectivity index (χ1n) is 13.6. The van der Waals surface area contributed by atoms with Crippen molar-refractivity contribution in [2.24, 2.45) is 5.41 Å². The first-order chi connectivity index (χ1) is 17.8. The second-order valence-corrected chi connectivity index (χ2v) is 11.9. The lowest BCUT2D eigenvalue weighted by Crippen LogP contribution is -2.24. The van der Waals surface area contributed by atoms with Gasteiger partial charge in [-0.1, -0.05) is 77.4 Å². The van der Waals surface area contributed by atoms with Crippen LogP contribution in [0.4, 0.5) is 0 Å². The Morgan fingerprint density at radius 2 is 1.24 bits per heavy atom. The van der Waals surface area contributed by atoms with Crippen molar-refractivity contribution < 1.29 is 19.1 Å². The molecule has 0 aromatic heterocycles. The van der Waals surface area contributed by atoms with Gasteiger partial charge in [0.2, 0.25) is 0 Å². The van der Waals surface area contributed by atoms with Crippen molar-refractivity contribution >= 4 is 11.8 Å². The molecule has 0 N–H and O–H groups in total. The first kappa shape index (κ1) is 29.2. The molecule has 0 fully saturated rings. The van der Waals surface area contributed by atoms with Crippen LogP contribution in [-0.2, 0) is 5.41 Å². The van der Waals surface area contributed by atoms with Gasteiger partial charge in [0, 0.05) is 16.4 Å². The van der Waals surface area contributed by atoms with E-state index in [-0.39, 0.29) is 16.8 Å². The minimum Gasteiger partial charge on any atom is -0.488 e. The van der Waals surface area contributed by atoms with Gasteiger partial charge in [0.1, 0.15) is 17.1 Å². The van der Waals surface area contributed by atoms with Crippen LogP contribution in [0.2, 0.25) is 0 Å². The van der Waals surface area contributed by atoms with E-state index >= 15 is 0 Å². The van der Waals surface area contributed by atoms with Crippen molar-refractivity contribution in [2.75, 3.05) is 0 Å². The summed E-state index contributed by atoms with van der Waals surface area (Å²) in [7, 11) is 0. The zero-order valence-electron chi connectivity index (χ0n) is 24.2. The lowest BCUT2D eigenvalue weighted by Gasteiger charge is -2.30. The molecule has 38 heavy (non-hydrogen) atoms. The van der Waals surface area contributed by atoms with Crippen LogP contribution in [0.15, 0.2) is 72.8 Å². The van der Waals surface area contributed by atoms with Crippen LogP contribution in [0.1, 0.15) is 106 Å². The molecule has 0 spiro atoms. The molecule has 0 radical (unpaired) electrons. The molecular formula is C34H42O4. The summed E-state index contributed by atoms with van der Waals surface area (Å²) >= 11 is 0. The number of hydrogen-bond acceptors (Lipinski definition) is 4. The third-order valence-electron chi connectivity index (χ3n) is 7.17. The molecule has 0 heterocycles. The van der Waals surface area contributed by atoms with Gasteiger partial charge < -0.3 is 9.47 Å². The predicted molar refractivity (Wildman–Crippen MR) is 154 cm³/mol. The summed E-state index contributed by atoms with van der Waals surface area (Å²) in [6.45, 7) is 16.5. The van der Waals surface area contributed by atoms with E-state index in [0.717, 1.165) is 30.6 Å².